The van der Waals surface area contributed by atoms with Crippen LogP contribution in [0.15, 0.2) is 36.4 Å². The zero-order valence-electron chi connectivity index (χ0n) is 17.0. The van der Waals surface area contributed by atoms with E-state index in [0.29, 0.717) is 17.4 Å². The maximum atomic E-state index is 12.7. The molecule has 3 N–H and O–H groups in total. The fourth-order valence-electron chi connectivity index (χ4n) is 4.07. The van der Waals surface area contributed by atoms with Gasteiger partial charge in [0.05, 0.1) is 30.1 Å². The van der Waals surface area contributed by atoms with Crippen molar-refractivity contribution in [1.29, 1.82) is 0 Å². The summed E-state index contributed by atoms with van der Waals surface area (Å²) in [5.41, 5.74) is 4.49. The molecule has 2 aliphatic rings. The van der Waals surface area contributed by atoms with Gasteiger partial charge in [-0.25, -0.2) is 4.98 Å². The molecule has 1 saturated carbocycles. The van der Waals surface area contributed by atoms with E-state index in [2.05, 4.69) is 20.6 Å². The summed E-state index contributed by atoms with van der Waals surface area (Å²) >= 11 is 0. The first kappa shape index (κ1) is 18.7. The summed E-state index contributed by atoms with van der Waals surface area (Å²) in [5, 5.41) is 5.86. The monoisotopic (exact) mass is 404 g/mol. The van der Waals surface area contributed by atoms with Gasteiger partial charge in [-0.3, -0.25) is 9.59 Å². The molecule has 1 aromatic heterocycles. The maximum Gasteiger partial charge on any atom is 0.232 e. The number of benzene rings is 2. The van der Waals surface area contributed by atoms with Crippen molar-refractivity contribution < 1.29 is 14.3 Å². The zero-order chi connectivity index (χ0) is 20.8. The summed E-state index contributed by atoms with van der Waals surface area (Å²) in [4.78, 5) is 33.1. The third kappa shape index (κ3) is 3.40. The highest BCUT2D eigenvalue weighted by atomic mass is 16.5. The lowest BCUT2D eigenvalue weighted by Crippen LogP contribution is -2.29. The van der Waals surface area contributed by atoms with Crippen LogP contribution in [-0.2, 0) is 9.59 Å². The predicted octanol–water partition coefficient (Wildman–Crippen LogP) is 3.75. The van der Waals surface area contributed by atoms with Crippen molar-refractivity contribution in [2.24, 2.45) is 0 Å². The normalized spacial score (nSPS) is 18.7. The molecule has 0 bridgehead atoms. The molecule has 7 nitrogen and oxygen atoms in total. The van der Waals surface area contributed by atoms with Gasteiger partial charge in [-0.15, -0.1) is 0 Å². The number of methoxy groups -OCH3 is 1. The van der Waals surface area contributed by atoms with Crippen molar-refractivity contribution in [1.82, 2.24) is 15.3 Å². The first-order chi connectivity index (χ1) is 14.5. The largest absolute Gasteiger partial charge is 0.497 e. The Hall–Kier alpha value is -3.35. The fraction of sp³-hybridized carbons (Fsp3) is 0.348. The van der Waals surface area contributed by atoms with Crippen LogP contribution in [0.3, 0.4) is 0 Å². The van der Waals surface area contributed by atoms with Gasteiger partial charge in [0.2, 0.25) is 11.8 Å². The van der Waals surface area contributed by atoms with Gasteiger partial charge in [-0.1, -0.05) is 12.1 Å². The lowest BCUT2D eigenvalue weighted by molar-refractivity contribution is -0.125. The summed E-state index contributed by atoms with van der Waals surface area (Å²) in [6, 6.07) is 11.3. The van der Waals surface area contributed by atoms with Crippen LogP contribution >= 0.6 is 0 Å². The van der Waals surface area contributed by atoms with Crippen molar-refractivity contribution >= 4 is 28.5 Å². The molecule has 154 valence electrons. The number of nitrogens with one attached hydrogen (secondary N) is 3. The Labute approximate surface area is 174 Å². The van der Waals surface area contributed by atoms with Crippen LogP contribution in [0.2, 0.25) is 0 Å². The second-order valence-corrected chi connectivity index (χ2v) is 8.16. The van der Waals surface area contributed by atoms with Gasteiger partial charge in [0.1, 0.15) is 11.6 Å². The van der Waals surface area contributed by atoms with E-state index in [0.717, 1.165) is 28.0 Å². The van der Waals surface area contributed by atoms with Gasteiger partial charge < -0.3 is 20.4 Å². The molecular weight excluding hydrogens is 380 g/mol. The Balaban J connectivity index is 1.27. The van der Waals surface area contributed by atoms with Gasteiger partial charge in [0.25, 0.3) is 0 Å². The predicted molar refractivity (Wildman–Crippen MR) is 114 cm³/mol. The Kier molecular flexibility index (Phi) is 4.46. The molecule has 2 atom stereocenters. The van der Waals surface area contributed by atoms with Crippen LogP contribution in [0.4, 0.5) is 5.69 Å². The van der Waals surface area contributed by atoms with E-state index in [4.69, 9.17) is 4.74 Å². The Bertz CT molecular complexity index is 1150. The Morgan fingerprint density at radius 2 is 2.10 bits per heavy atom. The third-order valence-corrected chi connectivity index (χ3v) is 5.97. The average molecular weight is 404 g/mol. The van der Waals surface area contributed by atoms with Gasteiger partial charge in [0.15, 0.2) is 0 Å². The first-order valence-electron chi connectivity index (χ1n) is 10.3. The molecule has 30 heavy (non-hydrogen) atoms. The highest BCUT2D eigenvalue weighted by Gasteiger charge is 2.33. The lowest BCUT2D eigenvalue weighted by atomic mass is 9.96. The highest BCUT2D eigenvalue weighted by Crippen LogP contribution is 2.39. The first-order valence-corrected chi connectivity index (χ1v) is 10.3. The van der Waals surface area contributed by atoms with Gasteiger partial charge in [0, 0.05) is 24.1 Å². The number of aromatic amines is 1. The smallest absolute Gasteiger partial charge is 0.232 e. The van der Waals surface area contributed by atoms with Crippen LogP contribution in [0.5, 0.6) is 5.75 Å². The minimum Gasteiger partial charge on any atom is -0.497 e. The molecular formula is C23H24N4O3. The summed E-state index contributed by atoms with van der Waals surface area (Å²) in [5.74, 6) is 1.49. The second kappa shape index (κ2) is 7.16. The van der Waals surface area contributed by atoms with Crippen molar-refractivity contribution in [2.45, 2.75) is 44.1 Å². The molecule has 1 fully saturated rings. The molecule has 5 rings (SSSR count). The number of carbonyl (C=O) groups is 2. The van der Waals surface area contributed by atoms with Gasteiger partial charge in [-0.05, 0) is 49.1 Å². The molecule has 0 spiro atoms. The molecule has 1 aliphatic heterocycles. The average Bonchev–Trinajstić information content (AvgIpc) is 3.43. The number of fused-ring (bicyclic) bond motifs is 2. The molecule has 1 aliphatic carbocycles. The molecule has 3 aromatic rings. The quantitative estimate of drug-likeness (QED) is 0.583. The van der Waals surface area contributed by atoms with E-state index in [1.165, 1.54) is 12.8 Å². The zero-order valence-corrected chi connectivity index (χ0v) is 17.0. The number of anilines is 1. The summed E-state index contributed by atoms with van der Waals surface area (Å²) in [7, 11) is 1.58. The number of rotatable bonds is 6. The number of ether oxygens (including phenoxy) is 1. The number of hydrogen-bond donors (Lipinski definition) is 3. The summed E-state index contributed by atoms with van der Waals surface area (Å²) in [6.07, 6.45) is 2.50. The van der Waals surface area contributed by atoms with Crippen LogP contribution in [-0.4, -0.2) is 28.9 Å². The van der Waals surface area contributed by atoms with E-state index in [1.54, 1.807) is 13.2 Å². The van der Waals surface area contributed by atoms with Crippen LogP contribution in [0, 0.1) is 0 Å². The molecule has 2 unspecified atom stereocenters. The molecule has 7 heteroatoms. The van der Waals surface area contributed by atoms with Gasteiger partial charge >= 0.3 is 0 Å². The third-order valence-electron chi connectivity index (χ3n) is 5.97. The Morgan fingerprint density at radius 1 is 1.27 bits per heavy atom. The second-order valence-electron chi connectivity index (χ2n) is 8.16. The molecule has 0 radical (unpaired) electrons. The number of H-pyrrole nitrogens is 1. The SMILES string of the molecule is COc1ccc2c(c1)NC(=O)C2CC(=O)NC(C)c1ccc2nc(C3CC3)[nH]c2c1. The van der Waals surface area contributed by atoms with Crippen molar-refractivity contribution in [3.05, 3.63) is 53.3 Å². The van der Waals surface area contributed by atoms with Crippen LogP contribution in [0.1, 0.15) is 61.0 Å². The molecule has 0 saturated heterocycles. The van der Waals surface area contributed by atoms with Crippen LogP contribution in [0.25, 0.3) is 11.0 Å². The molecule has 2 heterocycles. The van der Waals surface area contributed by atoms with Crippen molar-refractivity contribution in [3.63, 3.8) is 0 Å². The maximum absolute atomic E-state index is 12.7. The van der Waals surface area contributed by atoms with Gasteiger partial charge in [-0.2, -0.15) is 0 Å². The van der Waals surface area contributed by atoms with E-state index < -0.39 is 5.92 Å². The van der Waals surface area contributed by atoms with Crippen LogP contribution < -0.4 is 15.4 Å². The summed E-state index contributed by atoms with van der Waals surface area (Å²) in [6.45, 7) is 1.95. The number of imidazole rings is 1. The van der Waals surface area contributed by atoms with Crippen molar-refractivity contribution in [2.75, 3.05) is 12.4 Å². The number of carbonyl (C=O) groups excluding carboxylic acids is 2. The number of aromatic nitrogens is 2. The fourth-order valence-corrected chi connectivity index (χ4v) is 4.07. The van der Waals surface area contributed by atoms with E-state index in [9.17, 15) is 9.59 Å². The van der Waals surface area contributed by atoms with E-state index in [-0.39, 0.29) is 24.3 Å². The van der Waals surface area contributed by atoms with E-state index >= 15 is 0 Å². The minimum absolute atomic E-state index is 0.105. The topological polar surface area (TPSA) is 96.1 Å². The van der Waals surface area contributed by atoms with E-state index in [1.807, 2.05) is 37.3 Å². The number of nitrogens with zero attached hydrogens (tertiary/aromatic N) is 1. The molecule has 2 amide bonds. The Morgan fingerprint density at radius 3 is 2.87 bits per heavy atom. The lowest BCUT2D eigenvalue weighted by Gasteiger charge is -2.16. The van der Waals surface area contributed by atoms with Crippen molar-refractivity contribution in [3.8, 4) is 5.75 Å². The number of hydrogen-bond acceptors (Lipinski definition) is 4. The molecule has 2 aromatic carbocycles. The minimum atomic E-state index is -0.491. The standard InChI is InChI=1S/C23H24N4O3/c1-12(14-5-8-18-20(9-14)26-22(25-18)13-3-4-13)24-21(28)11-17-16-7-6-15(30-2)10-19(16)27-23(17)29/h5-10,12-13,17H,3-4,11H2,1-2H3,(H,24,28)(H,25,26)(H,27,29). The summed E-state index contributed by atoms with van der Waals surface area (Å²) < 4.78 is 5.20. The number of amides is 2. The highest BCUT2D eigenvalue weighted by molar-refractivity contribution is 6.05.